The summed E-state index contributed by atoms with van der Waals surface area (Å²) < 4.78 is 5.32. The molecule has 1 rings (SSSR count). The fraction of sp³-hybridized carbons (Fsp3) is 1.00. The number of nitrogens with zero attached hydrogens (tertiary/aromatic N) is 1. The van der Waals surface area contributed by atoms with Crippen molar-refractivity contribution >= 4 is 0 Å². The molecule has 1 fully saturated rings. The second-order valence-corrected chi connectivity index (χ2v) is 4.67. The second kappa shape index (κ2) is 8.93. The first kappa shape index (κ1) is 13.9. The van der Waals surface area contributed by atoms with Crippen LogP contribution in [-0.2, 0) is 4.74 Å². The van der Waals surface area contributed by atoms with Crippen LogP contribution in [0, 0.1) is 0 Å². The molecule has 0 radical (unpaired) electrons. The monoisotopic (exact) mass is 229 g/mol. The lowest BCUT2D eigenvalue weighted by molar-refractivity contribution is 0.0375. The molecule has 16 heavy (non-hydrogen) atoms. The maximum atomic E-state index is 5.32. The molecule has 1 aliphatic heterocycles. The van der Waals surface area contributed by atoms with Gasteiger partial charge < -0.3 is 15.4 Å². The van der Waals surface area contributed by atoms with Crippen LogP contribution in [0.5, 0.6) is 0 Å². The van der Waals surface area contributed by atoms with Crippen LogP contribution in [0.3, 0.4) is 0 Å². The molecule has 0 aromatic heterocycles. The largest absolute Gasteiger partial charge is 0.379 e. The van der Waals surface area contributed by atoms with E-state index in [0.29, 0.717) is 6.04 Å². The van der Waals surface area contributed by atoms with Crippen molar-refractivity contribution in [2.24, 2.45) is 0 Å². The first-order chi connectivity index (χ1) is 7.79. The highest BCUT2D eigenvalue weighted by atomic mass is 16.5. The van der Waals surface area contributed by atoms with Gasteiger partial charge in [-0.2, -0.15) is 0 Å². The van der Waals surface area contributed by atoms with Gasteiger partial charge in [-0.15, -0.1) is 0 Å². The zero-order valence-electron chi connectivity index (χ0n) is 10.8. The standard InChI is InChI=1S/C12H27N3O/c1-12(2)14-6-5-13-4-3-7-15-8-10-16-11-9-15/h12-14H,3-11H2,1-2H3. The molecule has 0 amide bonds. The van der Waals surface area contributed by atoms with Gasteiger partial charge in [0.1, 0.15) is 0 Å². The Morgan fingerprint density at radius 1 is 1.12 bits per heavy atom. The molecule has 0 saturated carbocycles. The fourth-order valence-electron chi connectivity index (χ4n) is 1.83. The molecule has 2 N–H and O–H groups in total. The Morgan fingerprint density at radius 2 is 1.88 bits per heavy atom. The Balaban J connectivity index is 1.80. The van der Waals surface area contributed by atoms with E-state index >= 15 is 0 Å². The van der Waals surface area contributed by atoms with Gasteiger partial charge in [-0.1, -0.05) is 13.8 Å². The number of ether oxygens (including phenoxy) is 1. The zero-order valence-corrected chi connectivity index (χ0v) is 10.8. The fourth-order valence-corrected chi connectivity index (χ4v) is 1.83. The molecular formula is C12H27N3O. The average Bonchev–Trinajstić information content (AvgIpc) is 2.29. The Bertz CT molecular complexity index is 158. The summed E-state index contributed by atoms with van der Waals surface area (Å²) in [5, 5.41) is 6.86. The van der Waals surface area contributed by atoms with E-state index in [4.69, 9.17) is 4.74 Å². The molecule has 96 valence electrons. The predicted octanol–water partition coefficient (Wildman–Crippen LogP) is 0.296. The molecule has 1 aliphatic rings. The highest BCUT2D eigenvalue weighted by molar-refractivity contribution is 4.63. The summed E-state index contributed by atoms with van der Waals surface area (Å²) in [7, 11) is 0. The van der Waals surface area contributed by atoms with E-state index in [-0.39, 0.29) is 0 Å². The normalized spacial score (nSPS) is 18.2. The first-order valence-corrected chi connectivity index (χ1v) is 6.53. The van der Waals surface area contributed by atoms with Crippen LogP contribution in [0.2, 0.25) is 0 Å². The van der Waals surface area contributed by atoms with E-state index in [2.05, 4.69) is 29.4 Å². The topological polar surface area (TPSA) is 36.5 Å². The third-order valence-corrected chi connectivity index (χ3v) is 2.79. The molecule has 4 nitrogen and oxygen atoms in total. The first-order valence-electron chi connectivity index (χ1n) is 6.53. The van der Waals surface area contributed by atoms with Gasteiger partial charge >= 0.3 is 0 Å². The Labute approximate surface area is 99.7 Å². The summed E-state index contributed by atoms with van der Waals surface area (Å²) in [6.45, 7) is 12.8. The molecule has 0 aromatic rings. The van der Waals surface area contributed by atoms with E-state index < -0.39 is 0 Å². The third-order valence-electron chi connectivity index (χ3n) is 2.79. The van der Waals surface area contributed by atoms with Crippen LogP contribution in [-0.4, -0.2) is 63.4 Å². The van der Waals surface area contributed by atoms with Gasteiger partial charge in [0.2, 0.25) is 0 Å². The maximum absolute atomic E-state index is 5.32. The van der Waals surface area contributed by atoms with Crippen molar-refractivity contribution in [3.8, 4) is 0 Å². The molecule has 0 aromatic carbocycles. The smallest absolute Gasteiger partial charge is 0.0594 e. The molecular weight excluding hydrogens is 202 g/mol. The molecule has 0 atom stereocenters. The van der Waals surface area contributed by atoms with Crippen LogP contribution < -0.4 is 10.6 Å². The van der Waals surface area contributed by atoms with Crippen LogP contribution in [0.1, 0.15) is 20.3 Å². The van der Waals surface area contributed by atoms with Gasteiger partial charge in [-0.3, -0.25) is 4.90 Å². The maximum Gasteiger partial charge on any atom is 0.0594 e. The van der Waals surface area contributed by atoms with E-state index in [9.17, 15) is 0 Å². The molecule has 4 heteroatoms. The van der Waals surface area contributed by atoms with E-state index in [0.717, 1.165) is 45.9 Å². The minimum absolute atomic E-state index is 0.593. The average molecular weight is 229 g/mol. The van der Waals surface area contributed by atoms with Crippen molar-refractivity contribution in [2.75, 3.05) is 52.5 Å². The van der Waals surface area contributed by atoms with Crippen LogP contribution in [0.4, 0.5) is 0 Å². The Morgan fingerprint density at radius 3 is 2.56 bits per heavy atom. The van der Waals surface area contributed by atoms with E-state index in [1.165, 1.54) is 13.0 Å². The summed E-state index contributed by atoms with van der Waals surface area (Å²) in [6.07, 6.45) is 1.24. The van der Waals surface area contributed by atoms with Crippen LogP contribution in [0.25, 0.3) is 0 Å². The molecule has 0 unspecified atom stereocenters. The van der Waals surface area contributed by atoms with E-state index in [1.54, 1.807) is 0 Å². The van der Waals surface area contributed by atoms with Gasteiger partial charge in [0.05, 0.1) is 13.2 Å². The Hall–Kier alpha value is -0.160. The van der Waals surface area contributed by atoms with Gasteiger partial charge in [-0.25, -0.2) is 0 Å². The minimum Gasteiger partial charge on any atom is -0.379 e. The van der Waals surface area contributed by atoms with Crippen molar-refractivity contribution < 1.29 is 4.74 Å². The predicted molar refractivity (Wildman–Crippen MR) is 67.9 cm³/mol. The Kier molecular flexibility index (Phi) is 7.76. The molecule has 0 aliphatic carbocycles. The zero-order chi connectivity index (χ0) is 11.6. The summed E-state index contributed by atoms with van der Waals surface area (Å²) in [4.78, 5) is 2.48. The lowest BCUT2D eigenvalue weighted by Crippen LogP contribution is -2.38. The molecule has 0 spiro atoms. The highest BCUT2D eigenvalue weighted by Crippen LogP contribution is 1.96. The van der Waals surface area contributed by atoms with Crippen molar-refractivity contribution in [3.63, 3.8) is 0 Å². The second-order valence-electron chi connectivity index (χ2n) is 4.67. The van der Waals surface area contributed by atoms with Crippen molar-refractivity contribution in [2.45, 2.75) is 26.3 Å². The number of hydrogen-bond acceptors (Lipinski definition) is 4. The quantitative estimate of drug-likeness (QED) is 0.587. The summed E-state index contributed by atoms with van der Waals surface area (Å²) in [6, 6.07) is 0.593. The van der Waals surface area contributed by atoms with Gasteiger partial charge in [0.25, 0.3) is 0 Å². The highest BCUT2D eigenvalue weighted by Gasteiger charge is 2.08. The third kappa shape index (κ3) is 7.17. The minimum atomic E-state index is 0.593. The summed E-state index contributed by atoms with van der Waals surface area (Å²) in [5.41, 5.74) is 0. The van der Waals surface area contributed by atoms with Crippen LogP contribution >= 0.6 is 0 Å². The van der Waals surface area contributed by atoms with Gasteiger partial charge in [0.15, 0.2) is 0 Å². The molecule has 1 heterocycles. The number of morpholine rings is 1. The lowest BCUT2D eigenvalue weighted by Gasteiger charge is -2.26. The molecule has 1 saturated heterocycles. The van der Waals surface area contributed by atoms with Crippen molar-refractivity contribution in [1.29, 1.82) is 0 Å². The van der Waals surface area contributed by atoms with Crippen molar-refractivity contribution in [3.05, 3.63) is 0 Å². The van der Waals surface area contributed by atoms with Crippen molar-refractivity contribution in [1.82, 2.24) is 15.5 Å². The number of rotatable bonds is 8. The number of nitrogens with one attached hydrogen (secondary N) is 2. The van der Waals surface area contributed by atoms with Gasteiger partial charge in [0, 0.05) is 32.2 Å². The SMILES string of the molecule is CC(C)NCCNCCCN1CCOCC1. The lowest BCUT2D eigenvalue weighted by atomic mass is 10.3. The molecule has 0 bridgehead atoms. The summed E-state index contributed by atoms with van der Waals surface area (Å²) >= 11 is 0. The summed E-state index contributed by atoms with van der Waals surface area (Å²) in [5.74, 6) is 0. The van der Waals surface area contributed by atoms with Crippen LogP contribution in [0.15, 0.2) is 0 Å². The van der Waals surface area contributed by atoms with E-state index in [1.807, 2.05) is 0 Å². The van der Waals surface area contributed by atoms with Gasteiger partial charge in [-0.05, 0) is 19.5 Å². The number of hydrogen-bond donors (Lipinski definition) is 2.